The minimum atomic E-state index is 0.0305. The van der Waals surface area contributed by atoms with E-state index in [4.69, 9.17) is 0 Å². The molecule has 4 heterocycles. The predicted molar refractivity (Wildman–Crippen MR) is 137 cm³/mol. The van der Waals surface area contributed by atoms with E-state index in [-0.39, 0.29) is 17.9 Å². The summed E-state index contributed by atoms with van der Waals surface area (Å²) in [6.45, 7) is 7.54. The first-order valence-corrected chi connectivity index (χ1v) is 13.9. The molecule has 2 aromatic heterocycles. The van der Waals surface area contributed by atoms with Crippen LogP contribution < -0.4 is 5.32 Å². The number of nitrogens with one attached hydrogen (secondary N) is 1. The number of amides is 1. The molecule has 1 saturated carbocycles. The molecule has 3 aliphatic rings. The molecule has 3 atom stereocenters. The zero-order valence-electron chi connectivity index (χ0n) is 21.7. The van der Waals surface area contributed by atoms with E-state index in [1.807, 2.05) is 18.5 Å². The van der Waals surface area contributed by atoms with Gasteiger partial charge >= 0.3 is 0 Å². The molecule has 2 saturated heterocycles. The van der Waals surface area contributed by atoms with Gasteiger partial charge in [0.05, 0.1) is 6.04 Å². The number of hydrogen-bond donors (Lipinski definition) is 1. The Morgan fingerprint density at radius 2 is 1.80 bits per heavy atom. The van der Waals surface area contributed by atoms with Crippen LogP contribution in [0.1, 0.15) is 113 Å². The van der Waals surface area contributed by atoms with Crippen LogP contribution in [0.4, 0.5) is 0 Å². The quantitative estimate of drug-likeness (QED) is 0.571. The second-order valence-electron chi connectivity index (χ2n) is 11.3. The molecule has 0 aromatic carbocycles. The smallest absolute Gasteiger partial charge is 0.223 e. The average molecular weight is 479 g/mol. The molecule has 190 valence electrons. The number of aromatic nitrogens is 4. The van der Waals surface area contributed by atoms with Gasteiger partial charge in [-0.1, -0.05) is 39.2 Å². The Hall–Kier alpha value is -2.28. The van der Waals surface area contributed by atoms with Gasteiger partial charge in [0.2, 0.25) is 5.91 Å². The Balaban J connectivity index is 1.25. The number of rotatable bonds is 8. The van der Waals surface area contributed by atoms with E-state index < -0.39 is 0 Å². The molecule has 0 radical (unpaired) electrons. The van der Waals surface area contributed by atoms with Crippen LogP contribution in [0.5, 0.6) is 0 Å². The summed E-state index contributed by atoms with van der Waals surface area (Å²) >= 11 is 0. The molecular formula is C28H42N6O. The number of hydrogen-bond acceptors (Lipinski definition) is 5. The molecule has 2 aliphatic heterocycles. The third-order valence-electron chi connectivity index (χ3n) is 8.69. The molecule has 1 aliphatic carbocycles. The molecule has 2 aromatic rings. The fourth-order valence-corrected chi connectivity index (χ4v) is 6.89. The van der Waals surface area contributed by atoms with Crippen molar-refractivity contribution in [3.8, 4) is 0 Å². The third-order valence-corrected chi connectivity index (χ3v) is 8.69. The maximum atomic E-state index is 13.1. The first-order valence-electron chi connectivity index (χ1n) is 13.9. The lowest BCUT2D eigenvalue weighted by Crippen LogP contribution is -2.45. The maximum absolute atomic E-state index is 13.1. The van der Waals surface area contributed by atoms with Gasteiger partial charge < -0.3 is 9.88 Å². The van der Waals surface area contributed by atoms with Crippen molar-refractivity contribution < 1.29 is 4.79 Å². The molecule has 0 spiro atoms. The SMILES string of the molecule is Cc1nnc(C(C)C)n1C1C[C@@H]2CC[C@@H](C1)N2CC[C@H](NC(=O)C1CCCCC1)c1cccnc1. The zero-order valence-corrected chi connectivity index (χ0v) is 21.7. The predicted octanol–water partition coefficient (Wildman–Crippen LogP) is 5.10. The third kappa shape index (κ3) is 5.30. The minimum absolute atomic E-state index is 0.0305. The van der Waals surface area contributed by atoms with Crippen LogP contribution in [0.2, 0.25) is 0 Å². The van der Waals surface area contributed by atoms with Crippen LogP contribution in [0.25, 0.3) is 0 Å². The lowest BCUT2D eigenvalue weighted by atomic mass is 9.88. The highest BCUT2D eigenvalue weighted by Crippen LogP contribution is 2.42. The largest absolute Gasteiger partial charge is 0.349 e. The van der Waals surface area contributed by atoms with Crippen LogP contribution >= 0.6 is 0 Å². The lowest BCUT2D eigenvalue weighted by Gasteiger charge is -2.40. The minimum Gasteiger partial charge on any atom is -0.349 e. The van der Waals surface area contributed by atoms with Crippen LogP contribution in [-0.4, -0.2) is 49.2 Å². The van der Waals surface area contributed by atoms with Gasteiger partial charge in [0.15, 0.2) is 0 Å². The van der Waals surface area contributed by atoms with Crippen molar-refractivity contribution in [2.45, 2.75) is 115 Å². The van der Waals surface area contributed by atoms with Gasteiger partial charge in [0.1, 0.15) is 11.6 Å². The summed E-state index contributed by atoms with van der Waals surface area (Å²) < 4.78 is 2.43. The average Bonchev–Trinajstić information content (AvgIpc) is 3.38. The highest BCUT2D eigenvalue weighted by atomic mass is 16.1. The number of aryl methyl sites for hydroxylation is 1. The Kier molecular flexibility index (Phi) is 7.51. The number of pyridine rings is 1. The van der Waals surface area contributed by atoms with Gasteiger partial charge in [-0.25, -0.2) is 0 Å². The molecule has 7 nitrogen and oxygen atoms in total. The van der Waals surface area contributed by atoms with Crippen LogP contribution in [-0.2, 0) is 4.79 Å². The van der Waals surface area contributed by atoms with Gasteiger partial charge in [-0.3, -0.25) is 14.7 Å². The Bertz CT molecular complexity index is 969. The molecule has 5 rings (SSSR count). The van der Waals surface area contributed by atoms with Gasteiger partial charge in [-0.05, 0) is 63.5 Å². The zero-order chi connectivity index (χ0) is 24.4. The maximum Gasteiger partial charge on any atom is 0.223 e. The van der Waals surface area contributed by atoms with Gasteiger partial charge in [0, 0.05) is 48.9 Å². The molecule has 2 bridgehead atoms. The molecule has 3 fully saturated rings. The highest BCUT2D eigenvalue weighted by Gasteiger charge is 2.42. The van der Waals surface area contributed by atoms with Crippen molar-refractivity contribution in [2.24, 2.45) is 5.92 Å². The van der Waals surface area contributed by atoms with E-state index in [2.05, 4.69) is 56.8 Å². The topological polar surface area (TPSA) is 75.9 Å². The summed E-state index contributed by atoms with van der Waals surface area (Å²) in [6.07, 6.45) is 15.2. The molecule has 0 unspecified atom stereocenters. The first kappa shape index (κ1) is 24.4. The fourth-order valence-electron chi connectivity index (χ4n) is 6.89. The summed E-state index contributed by atoms with van der Waals surface area (Å²) in [5.41, 5.74) is 1.13. The normalized spacial score (nSPS) is 26.2. The Morgan fingerprint density at radius 1 is 1.06 bits per heavy atom. The van der Waals surface area contributed by atoms with E-state index in [1.54, 1.807) is 0 Å². The summed E-state index contributed by atoms with van der Waals surface area (Å²) in [5, 5.41) is 12.3. The fraction of sp³-hybridized carbons (Fsp3) is 0.714. The second kappa shape index (κ2) is 10.8. The molecule has 1 amide bonds. The van der Waals surface area contributed by atoms with Crippen LogP contribution in [0, 0.1) is 12.8 Å². The second-order valence-corrected chi connectivity index (χ2v) is 11.3. The van der Waals surface area contributed by atoms with Gasteiger partial charge in [0.25, 0.3) is 0 Å². The van der Waals surface area contributed by atoms with Crippen molar-refractivity contribution in [3.05, 3.63) is 41.7 Å². The summed E-state index contributed by atoms with van der Waals surface area (Å²) in [7, 11) is 0. The summed E-state index contributed by atoms with van der Waals surface area (Å²) in [6, 6.07) is 5.83. The summed E-state index contributed by atoms with van der Waals surface area (Å²) in [4.78, 5) is 20.2. The first-order chi connectivity index (χ1) is 17.0. The number of nitrogens with zero attached hydrogens (tertiary/aromatic N) is 5. The van der Waals surface area contributed by atoms with Crippen molar-refractivity contribution in [2.75, 3.05) is 6.54 Å². The van der Waals surface area contributed by atoms with Crippen LogP contribution in [0.15, 0.2) is 24.5 Å². The monoisotopic (exact) mass is 478 g/mol. The van der Waals surface area contributed by atoms with E-state index in [1.165, 1.54) is 44.9 Å². The molecule has 1 N–H and O–H groups in total. The van der Waals surface area contributed by atoms with Crippen LogP contribution in [0.3, 0.4) is 0 Å². The van der Waals surface area contributed by atoms with Gasteiger partial charge in [-0.15, -0.1) is 10.2 Å². The number of piperidine rings is 1. The summed E-state index contributed by atoms with van der Waals surface area (Å²) in [5.74, 6) is 2.98. The van der Waals surface area contributed by atoms with Crippen molar-refractivity contribution in [1.82, 2.24) is 30.0 Å². The highest BCUT2D eigenvalue weighted by molar-refractivity contribution is 5.79. The van der Waals surface area contributed by atoms with Crippen molar-refractivity contribution in [1.29, 1.82) is 0 Å². The number of carbonyl (C=O) groups is 1. The van der Waals surface area contributed by atoms with Crippen molar-refractivity contribution >= 4 is 5.91 Å². The van der Waals surface area contributed by atoms with E-state index in [0.29, 0.717) is 24.0 Å². The molecule has 7 heteroatoms. The molecule has 35 heavy (non-hydrogen) atoms. The standard InChI is InChI=1S/C28H42N6O/c1-19(2)27-32-31-20(3)34(27)25-16-23-11-12-24(17-25)33(23)15-13-26(22-10-7-14-29-18-22)30-28(35)21-8-5-4-6-9-21/h7,10,14,18-19,21,23-26H,4-6,8-9,11-13,15-17H2,1-3H3,(H,30,35)/t23-,24-,26-/m0/s1. The van der Waals surface area contributed by atoms with Gasteiger partial charge in [-0.2, -0.15) is 0 Å². The Labute approximate surface area is 210 Å². The van der Waals surface area contributed by atoms with E-state index >= 15 is 0 Å². The Morgan fingerprint density at radius 3 is 2.46 bits per heavy atom. The number of fused-ring (bicyclic) bond motifs is 2. The van der Waals surface area contributed by atoms with Crippen molar-refractivity contribution in [3.63, 3.8) is 0 Å². The van der Waals surface area contributed by atoms with E-state index in [9.17, 15) is 4.79 Å². The lowest BCUT2D eigenvalue weighted by molar-refractivity contribution is -0.126. The number of carbonyl (C=O) groups excluding carboxylic acids is 1. The van der Waals surface area contributed by atoms with E-state index in [0.717, 1.165) is 43.0 Å². The molecular weight excluding hydrogens is 436 g/mol.